The van der Waals surface area contributed by atoms with Gasteiger partial charge in [0.15, 0.2) is 0 Å². The molecular weight excluding hydrogens is 333 g/mol. The van der Waals surface area contributed by atoms with Crippen LogP contribution in [0.3, 0.4) is 0 Å². The molecule has 0 unspecified atom stereocenters. The number of methoxy groups -OCH3 is 2. The summed E-state index contributed by atoms with van der Waals surface area (Å²) in [4.78, 5) is -0.0583. The standard InChI is InChI=1S/C17H16FNO4S/c1-22-14-9-10-16(23-2)17(12-14)24(20,21)19-11-5-7-13-6-3-4-8-15(13)18/h3-4,6,8-10,12,19H,11H2,1-2H3. The number of benzene rings is 2. The molecule has 0 bridgehead atoms. The summed E-state index contributed by atoms with van der Waals surface area (Å²) in [6.45, 7) is -0.170. The van der Waals surface area contributed by atoms with Gasteiger partial charge in [-0.2, -0.15) is 4.72 Å². The third kappa shape index (κ3) is 4.25. The fraction of sp³-hybridized carbons (Fsp3) is 0.176. The van der Waals surface area contributed by atoms with Gasteiger partial charge in [0, 0.05) is 6.07 Å². The average molecular weight is 349 g/mol. The lowest BCUT2D eigenvalue weighted by Crippen LogP contribution is -2.24. The molecule has 126 valence electrons. The van der Waals surface area contributed by atoms with E-state index in [-0.39, 0.29) is 22.8 Å². The van der Waals surface area contributed by atoms with E-state index >= 15 is 0 Å². The van der Waals surface area contributed by atoms with Crippen molar-refractivity contribution >= 4 is 10.0 Å². The van der Waals surface area contributed by atoms with Crippen molar-refractivity contribution in [1.29, 1.82) is 0 Å². The fourth-order valence-electron chi connectivity index (χ4n) is 1.90. The first-order valence-electron chi connectivity index (χ1n) is 6.93. The van der Waals surface area contributed by atoms with E-state index in [0.717, 1.165) is 0 Å². The molecule has 2 rings (SSSR count). The van der Waals surface area contributed by atoms with E-state index in [1.165, 1.54) is 38.5 Å². The Morgan fingerprint density at radius 1 is 1.12 bits per heavy atom. The highest BCUT2D eigenvalue weighted by molar-refractivity contribution is 7.89. The predicted molar refractivity (Wildman–Crippen MR) is 88.0 cm³/mol. The molecule has 7 heteroatoms. The Hall–Kier alpha value is -2.56. The predicted octanol–water partition coefficient (Wildman–Crippen LogP) is 2.17. The van der Waals surface area contributed by atoms with Crippen molar-refractivity contribution in [3.8, 4) is 23.3 Å². The summed E-state index contributed by atoms with van der Waals surface area (Å²) in [5.74, 6) is 5.27. The zero-order chi connectivity index (χ0) is 17.6. The van der Waals surface area contributed by atoms with Gasteiger partial charge >= 0.3 is 0 Å². The van der Waals surface area contributed by atoms with Crippen LogP contribution in [0.2, 0.25) is 0 Å². The quantitative estimate of drug-likeness (QED) is 0.841. The van der Waals surface area contributed by atoms with Crippen molar-refractivity contribution in [3.05, 3.63) is 53.8 Å². The second kappa shape index (κ2) is 7.81. The molecular formula is C17H16FNO4S. The van der Waals surface area contributed by atoms with E-state index in [1.54, 1.807) is 18.2 Å². The lowest BCUT2D eigenvalue weighted by Gasteiger charge is -2.10. The Kier molecular flexibility index (Phi) is 5.79. The van der Waals surface area contributed by atoms with Gasteiger partial charge in [-0.15, -0.1) is 0 Å². The van der Waals surface area contributed by atoms with Crippen LogP contribution < -0.4 is 14.2 Å². The fourth-order valence-corrected chi connectivity index (χ4v) is 3.01. The van der Waals surface area contributed by atoms with Gasteiger partial charge in [0.2, 0.25) is 10.0 Å². The summed E-state index contributed by atoms with van der Waals surface area (Å²) in [5, 5.41) is 0. The van der Waals surface area contributed by atoms with Crippen molar-refractivity contribution in [2.75, 3.05) is 20.8 Å². The highest BCUT2D eigenvalue weighted by atomic mass is 32.2. The van der Waals surface area contributed by atoms with Gasteiger partial charge in [-0.1, -0.05) is 24.0 Å². The lowest BCUT2D eigenvalue weighted by molar-refractivity contribution is 0.392. The summed E-state index contributed by atoms with van der Waals surface area (Å²) < 4.78 is 50.6. The molecule has 0 spiro atoms. The maximum absolute atomic E-state index is 13.4. The first kappa shape index (κ1) is 17.8. The Morgan fingerprint density at radius 3 is 2.54 bits per heavy atom. The average Bonchev–Trinajstić information content (AvgIpc) is 2.59. The van der Waals surface area contributed by atoms with Crippen LogP contribution in [0.5, 0.6) is 11.5 Å². The Labute approximate surface area is 140 Å². The first-order valence-corrected chi connectivity index (χ1v) is 8.41. The van der Waals surface area contributed by atoms with E-state index in [4.69, 9.17) is 9.47 Å². The van der Waals surface area contributed by atoms with Crippen LogP contribution in [0.1, 0.15) is 5.56 Å². The van der Waals surface area contributed by atoms with Gasteiger partial charge in [-0.3, -0.25) is 0 Å². The molecule has 0 atom stereocenters. The smallest absolute Gasteiger partial charge is 0.245 e. The normalized spacial score (nSPS) is 10.6. The summed E-state index contributed by atoms with van der Waals surface area (Å²) in [5.41, 5.74) is 0.204. The largest absolute Gasteiger partial charge is 0.497 e. The minimum atomic E-state index is -3.85. The highest BCUT2D eigenvalue weighted by Gasteiger charge is 2.19. The van der Waals surface area contributed by atoms with Crippen LogP contribution in [0.15, 0.2) is 47.4 Å². The van der Waals surface area contributed by atoms with Crippen LogP contribution >= 0.6 is 0 Å². The number of hydrogen-bond donors (Lipinski definition) is 1. The number of halogens is 1. The molecule has 0 heterocycles. The molecule has 0 aliphatic rings. The van der Waals surface area contributed by atoms with Gasteiger partial charge in [-0.25, -0.2) is 12.8 Å². The third-order valence-corrected chi connectivity index (χ3v) is 4.53. The molecule has 0 saturated carbocycles. The van der Waals surface area contributed by atoms with Crippen molar-refractivity contribution in [2.24, 2.45) is 0 Å². The first-order chi connectivity index (χ1) is 11.5. The molecule has 5 nitrogen and oxygen atoms in total. The molecule has 2 aromatic carbocycles. The van der Waals surface area contributed by atoms with Crippen LogP contribution in [0, 0.1) is 17.7 Å². The summed E-state index contributed by atoms with van der Waals surface area (Å²) >= 11 is 0. The topological polar surface area (TPSA) is 64.6 Å². The number of ether oxygens (including phenoxy) is 2. The molecule has 0 aliphatic heterocycles. The second-order valence-corrected chi connectivity index (χ2v) is 6.36. The molecule has 0 aromatic heterocycles. The van der Waals surface area contributed by atoms with Gasteiger partial charge in [0.25, 0.3) is 0 Å². The highest BCUT2D eigenvalue weighted by Crippen LogP contribution is 2.27. The Balaban J connectivity index is 2.17. The van der Waals surface area contributed by atoms with Crippen molar-refractivity contribution in [2.45, 2.75) is 4.90 Å². The summed E-state index contributed by atoms with van der Waals surface area (Å²) in [6, 6.07) is 10.5. The maximum Gasteiger partial charge on any atom is 0.245 e. The minimum Gasteiger partial charge on any atom is -0.497 e. The van der Waals surface area contributed by atoms with E-state index < -0.39 is 15.8 Å². The number of nitrogens with one attached hydrogen (secondary N) is 1. The number of hydrogen-bond acceptors (Lipinski definition) is 4. The van der Waals surface area contributed by atoms with Gasteiger partial charge in [-0.05, 0) is 24.3 Å². The van der Waals surface area contributed by atoms with Gasteiger partial charge in [0.05, 0.1) is 26.3 Å². The molecule has 0 saturated heterocycles. The van der Waals surface area contributed by atoms with Crippen LogP contribution in [0.4, 0.5) is 4.39 Å². The Morgan fingerprint density at radius 2 is 1.88 bits per heavy atom. The van der Waals surface area contributed by atoms with Gasteiger partial charge < -0.3 is 9.47 Å². The van der Waals surface area contributed by atoms with Crippen LogP contribution in [-0.4, -0.2) is 29.2 Å². The molecule has 1 N–H and O–H groups in total. The zero-order valence-electron chi connectivity index (χ0n) is 13.2. The van der Waals surface area contributed by atoms with Crippen molar-refractivity contribution in [3.63, 3.8) is 0 Å². The second-order valence-electron chi connectivity index (χ2n) is 4.62. The molecule has 0 amide bonds. The zero-order valence-corrected chi connectivity index (χ0v) is 14.0. The monoisotopic (exact) mass is 349 g/mol. The lowest BCUT2D eigenvalue weighted by atomic mass is 10.2. The van der Waals surface area contributed by atoms with Crippen LogP contribution in [0.25, 0.3) is 0 Å². The molecule has 0 aliphatic carbocycles. The number of sulfonamides is 1. The molecule has 0 fully saturated rings. The third-order valence-electron chi connectivity index (χ3n) is 3.11. The number of rotatable bonds is 5. The van der Waals surface area contributed by atoms with E-state index in [1.807, 2.05) is 0 Å². The van der Waals surface area contributed by atoms with Crippen molar-refractivity contribution < 1.29 is 22.3 Å². The molecule has 24 heavy (non-hydrogen) atoms. The van der Waals surface area contributed by atoms with E-state index in [2.05, 4.69) is 16.6 Å². The SMILES string of the molecule is COc1ccc(OC)c(S(=O)(=O)NCC#Cc2ccccc2F)c1. The maximum atomic E-state index is 13.4. The summed E-state index contributed by atoms with van der Waals surface area (Å²) in [6.07, 6.45) is 0. The summed E-state index contributed by atoms with van der Waals surface area (Å²) in [7, 11) is -1.04. The Bertz CT molecular complexity index is 885. The van der Waals surface area contributed by atoms with Crippen LogP contribution in [-0.2, 0) is 10.0 Å². The van der Waals surface area contributed by atoms with E-state index in [0.29, 0.717) is 5.75 Å². The van der Waals surface area contributed by atoms with Crippen molar-refractivity contribution in [1.82, 2.24) is 4.72 Å². The van der Waals surface area contributed by atoms with E-state index in [9.17, 15) is 12.8 Å². The minimum absolute atomic E-state index is 0.0583. The van der Waals surface area contributed by atoms with Gasteiger partial charge in [0.1, 0.15) is 22.2 Å². The molecule has 0 radical (unpaired) electrons. The molecule has 2 aromatic rings.